The Morgan fingerprint density at radius 1 is 1.20 bits per heavy atom. The third kappa shape index (κ3) is 5.02. The van der Waals surface area contributed by atoms with Crippen LogP contribution in [0.3, 0.4) is 0 Å². The zero-order valence-corrected chi connectivity index (χ0v) is 16.1. The van der Waals surface area contributed by atoms with Gasteiger partial charge in [-0.3, -0.25) is 14.9 Å². The molecule has 1 atom stereocenters. The molecule has 2 aromatic rings. The molecule has 0 saturated carbocycles. The number of benzene rings is 2. The molecule has 0 fully saturated rings. The van der Waals surface area contributed by atoms with Crippen molar-refractivity contribution >= 4 is 17.6 Å². The molecule has 0 saturated heterocycles. The number of ether oxygens (including phenoxy) is 3. The number of hydrogen-bond acceptors (Lipinski definition) is 7. The van der Waals surface area contributed by atoms with Gasteiger partial charge in [0.2, 0.25) is 0 Å². The molecule has 1 N–H and O–H groups in total. The Bertz CT molecular complexity index is 962. The van der Waals surface area contributed by atoms with Crippen LogP contribution >= 0.6 is 0 Å². The summed E-state index contributed by atoms with van der Waals surface area (Å²) in [5, 5.41) is 13.9. The lowest BCUT2D eigenvalue weighted by molar-refractivity contribution is -0.385. The number of esters is 1. The molecule has 3 rings (SSSR count). The van der Waals surface area contributed by atoms with E-state index in [4.69, 9.17) is 14.2 Å². The van der Waals surface area contributed by atoms with Crippen LogP contribution in [0.2, 0.25) is 0 Å². The van der Waals surface area contributed by atoms with Gasteiger partial charge in [-0.15, -0.1) is 0 Å². The summed E-state index contributed by atoms with van der Waals surface area (Å²) in [4.78, 5) is 35.2. The predicted molar refractivity (Wildman–Crippen MR) is 102 cm³/mol. The lowest BCUT2D eigenvalue weighted by Gasteiger charge is -2.19. The van der Waals surface area contributed by atoms with E-state index in [9.17, 15) is 24.1 Å². The highest BCUT2D eigenvalue weighted by molar-refractivity contribution is 5.96. The zero-order chi connectivity index (χ0) is 21.7. The van der Waals surface area contributed by atoms with Crippen LogP contribution < -0.4 is 14.8 Å². The Kier molecular flexibility index (Phi) is 6.45. The number of amides is 1. The summed E-state index contributed by atoms with van der Waals surface area (Å²) in [6.07, 6.45) is -0.723. The Morgan fingerprint density at radius 2 is 1.83 bits per heavy atom. The molecule has 2 aromatic carbocycles. The van der Waals surface area contributed by atoms with Crippen molar-refractivity contribution in [1.82, 2.24) is 5.32 Å². The standard InChI is InChI=1S/C20H19FN2O7/c1-12(19(24)22-7-6-13-2-4-14(21)5-3-13)30-20(25)15-10-17-18(29-9-8-28-17)11-16(15)23(26)27/h2-5,10-12H,6-9H2,1H3,(H,22,24)/t12-/m0/s1. The van der Waals surface area contributed by atoms with E-state index in [-0.39, 0.29) is 42.6 Å². The van der Waals surface area contributed by atoms with Crippen molar-refractivity contribution in [1.29, 1.82) is 0 Å². The molecule has 1 aliphatic rings. The molecule has 1 amide bonds. The number of nitro benzene ring substituents is 1. The molecule has 9 nitrogen and oxygen atoms in total. The molecule has 10 heteroatoms. The quantitative estimate of drug-likeness (QED) is 0.417. The second-order valence-corrected chi connectivity index (χ2v) is 6.49. The number of fused-ring (bicyclic) bond motifs is 1. The lowest BCUT2D eigenvalue weighted by atomic mass is 10.1. The number of carbonyl (C=O) groups excluding carboxylic acids is 2. The summed E-state index contributed by atoms with van der Waals surface area (Å²) in [6.45, 7) is 2.08. The van der Waals surface area contributed by atoms with Gasteiger partial charge in [0.25, 0.3) is 11.6 Å². The molecule has 1 heterocycles. The highest BCUT2D eigenvalue weighted by Crippen LogP contribution is 2.37. The Morgan fingerprint density at radius 3 is 2.47 bits per heavy atom. The fourth-order valence-corrected chi connectivity index (χ4v) is 2.80. The van der Waals surface area contributed by atoms with Gasteiger partial charge in [0.15, 0.2) is 17.6 Å². The van der Waals surface area contributed by atoms with Gasteiger partial charge < -0.3 is 19.5 Å². The van der Waals surface area contributed by atoms with Gasteiger partial charge in [0.1, 0.15) is 24.6 Å². The number of rotatable bonds is 7. The summed E-state index contributed by atoms with van der Waals surface area (Å²) in [6, 6.07) is 8.12. The normalized spacial score (nSPS) is 13.3. The molecular formula is C20H19FN2O7. The number of hydrogen-bond donors (Lipinski definition) is 1. The molecule has 1 aliphatic heterocycles. The van der Waals surface area contributed by atoms with E-state index >= 15 is 0 Å². The van der Waals surface area contributed by atoms with Crippen molar-refractivity contribution < 1.29 is 33.1 Å². The van der Waals surface area contributed by atoms with Gasteiger partial charge in [-0.25, -0.2) is 9.18 Å². The van der Waals surface area contributed by atoms with Crippen LogP contribution in [0.25, 0.3) is 0 Å². The SMILES string of the molecule is C[C@H](OC(=O)c1cc2c(cc1[N+](=O)[O-])OCCO2)C(=O)NCCc1ccc(F)cc1. The van der Waals surface area contributed by atoms with Crippen LogP contribution in [-0.4, -0.2) is 42.7 Å². The first-order valence-electron chi connectivity index (χ1n) is 9.16. The predicted octanol–water partition coefficient (Wildman–Crippen LogP) is 2.41. The van der Waals surface area contributed by atoms with E-state index in [2.05, 4.69) is 5.32 Å². The summed E-state index contributed by atoms with van der Waals surface area (Å²) < 4.78 is 28.6. The highest BCUT2D eigenvalue weighted by Gasteiger charge is 2.29. The lowest BCUT2D eigenvalue weighted by Crippen LogP contribution is -2.37. The van der Waals surface area contributed by atoms with Crippen molar-refractivity contribution in [2.24, 2.45) is 0 Å². The second-order valence-electron chi connectivity index (χ2n) is 6.49. The molecule has 0 radical (unpaired) electrons. The molecule has 0 bridgehead atoms. The van der Waals surface area contributed by atoms with E-state index in [1.807, 2.05) is 0 Å². The largest absolute Gasteiger partial charge is 0.486 e. The molecule has 0 spiro atoms. The summed E-state index contributed by atoms with van der Waals surface area (Å²) in [7, 11) is 0. The molecule has 30 heavy (non-hydrogen) atoms. The molecule has 158 valence electrons. The summed E-state index contributed by atoms with van der Waals surface area (Å²) in [5.41, 5.74) is -0.0170. The van der Waals surface area contributed by atoms with E-state index in [1.54, 1.807) is 12.1 Å². The number of nitro groups is 1. The maximum absolute atomic E-state index is 12.9. The second kappa shape index (κ2) is 9.21. The first kappa shape index (κ1) is 21.0. The number of nitrogens with zero attached hydrogens (tertiary/aromatic N) is 1. The van der Waals surface area contributed by atoms with Crippen molar-refractivity contribution in [3.63, 3.8) is 0 Å². The number of nitrogens with one attached hydrogen (secondary N) is 1. The fraction of sp³-hybridized carbons (Fsp3) is 0.300. The van der Waals surface area contributed by atoms with Gasteiger partial charge in [-0.1, -0.05) is 12.1 Å². The van der Waals surface area contributed by atoms with Gasteiger partial charge >= 0.3 is 5.97 Å². The summed E-state index contributed by atoms with van der Waals surface area (Å²) >= 11 is 0. The van der Waals surface area contributed by atoms with Crippen LogP contribution in [-0.2, 0) is 16.0 Å². The minimum atomic E-state index is -1.18. The van der Waals surface area contributed by atoms with E-state index in [0.717, 1.165) is 11.6 Å². The van der Waals surface area contributed by atoms with Crippen LogP contribution in [0.15, 0.2) is 36.4 Å². The number of carbonyl (C=O) groups is 2. The van der Waals surface area contributed by atoms with Crippen molar-refractivity contribution in [2.75, 3.05) is 19.8 Å². The van der Waals surface area contributed by atoms with Crippen LogP contribution in [0.4, 0.5) is 10.1 Å². The third-order valence-electron chi connectivity index (χ3n) is 4.36. The van der Waals surface area contributed by atoms with Gasteiger partial charge in [-0.05, 0) is 31.0 Å². The van der Waals surface area contributed by atoms with E-state index < -0.39 is 28.6 Å². The smallest absolute Gasteiger partial charge is 0.346 e. The topological polar surface area (TPSA) is 117 Å². The minimum Gasteiger partial charge on any atom is -0.486 e. The minimum absolute atomic E-state index is 0.163. The Hall–Kier alpha value is -3.69. The van der Waals surface area contributed by atoms with Crippen LogP contribution in [0.1, 0.15) is 22.8 Å². The monoisotopic (exact) mass is 418 g/mol. The fourth-order valence-electron chi connectivity index (χ4n) is 2.80. The van der Waals surface area contributed by atoms with Gasteiger partial charge in [0, 0.05) is 12.6 Å². The van der Waals surface area contributed by atoms with Crippen molar-refractivity contribution in [3.8, 4) is 11.5 Å². The van der Waals surface area contributed by atoms with E-state index in [1.165, 1.54) is 25.1 Å². The maximum atomic E-state index is 12.9. The molecule has 0 aromatic heterocycles. The maximum Gasteiger partial charge on any atom is 0.346 e. The Balaban J connectivity index is 1.61. The van der Waals surface area contributed by atoms with Crippen molar-refractivity contribution in [2.45, 2.75) is 19.4 Å². The molecular weight excluding hydrogens is 399 g/mol. The first-order valence-corrected chi connectivity index (χ1v) is 9.16. The van der Waals surface area contributed by atoms with Crippen LogP contribution in [0.5, 0.6) is 11.5 Å². The Labute approximate surface area is 170 Å². The third-order valence-corrected chi connectivity index (χ3v) is 4.36. The average molecular weight is 418 g/mol. The zero-order valence-electron chi connectivity index (χ0n) is 16.1. The molecule has 0 aliphatic carbocycles. The van der Waals surface area contributed by atoms with Gasteiger partial charge in [-0.2, -0.15) is 0 Å². The molecule has 0 unspecified atom stereocenters. The van der Waals surface area contributed by atoms with Crippen LogP contribution in [0, 0.1) is 15.9 Å². The van der Waals surface area contributed by atoms with Crippen molar-refractivity contribution in [3.05, 3.63) is 63.5 Å². The number of halogens is 1. The summed E-state index contributed by atoms with van der Waals surface area (Å²) in [5.74, 6) is -1.59. The van der Waals surface area contributed by atoms with Gasteiger partial charge in [0.05, 0.1) is 11.0 Å². The first-order chi connectivity index (χ1) is 14.3. The highest BCUT2D eigenvalue weighted by atomic mass is 19.1. The average Bonchev–Trinajstić information content (AvgIpc) is 2.73. The van der Waals surface area contributed by atoms with E-state index in [0.29, 0.717) is 6.42 Å².